The standard InChI is InChI=1S/C10H10Br2N4/c1-3-4(2)16-10-6(12)8(14)7(13)5(11)9(10)15-3/h13-14H2,1-2H3. The maximum Gasteiger partial charge on any atom is 0.107 e. The van der Waals surface area contributed by atoms with Gasteiger partial charge in [0.05, 0.1) is 31.7 Å². The number of nitrogen functional groups attached to an aromatic ring is 2. The minimum atomic E-state index is 0.483. The van der Waals surface area contributed by atoms with Gasteiger partial charge in [-0.15, -0.1) is 0 Å². The van der Waals surface area contributed by atoms with E-state index < -0.39 is 0 Å². The zero-order chi connectivity index (χ0) is 12.0. The van der Waals surface area contributed by atoms with Crippen LogP contribution in [0.5, 0.6) is 0 Å². The fourth-order valence-electron chi connectivity index (χ4n) is 1.40. The van der Waals surface area contributed by atoms with Crippen LogP contribution in [0.3, 0.4) is 0 Å². The Morgan fingerprint density at radius 2 is 1.12 bits per heavy atom. The number of aromatic nitrogens is 2. The molecule has 1 aromatic carbocycles. The topological polar surface area (TPSA) is 77.8 Å². The second-order valence-electron chi connectivity index (χ2n) is 3.55. The average Bonchev–Trinajstić information content (AvgIpc) is 2.26. The van der Waals surface area contributed by atoms with E-state index in [4.69, 9.17) is 11.5 Å². The summed E-state index contributed by atoms with van der Waals surface area (Å²) in [5.41, 5.74) is 15.9. The molecule has 0 atom stereocenters. The highest BCUT2D eigenvalue weighted by Crippen LogP contribution is 2.39. The molecule has 0 aliphatic rings. The summed E-state index contributed by atoms with van der Waals surface area (Å²) >= 11 is 6.79. The lowest BCUT2D eigenvalue weighted by molar-refractivity contribution is 1.10. The molecular formula is C10H10Br2N4. The molecule has 0 aliphatic heterocycles. The number of anilines is 2. The third-order valence-corrected chi connectivity index (χ3v) is 4.09. The second kappa shape index (κ2) is 3.85. The van der Waals surface area contributed by atoms with Crippen LogP contribution >= 0.6 is 31.9 Å². The van der Waals surface area contributed by atoms with Crippen molar-refractivity contribution in [3.8, 4) is 0 Å². The number of hydrogen-bond acceptors (Lipinski definition) is 4. The van der Waals surface area contributed by atoms with Crippen LogP contribution < -0.4 is 11.5 Å². The van der Waals surface area contributed by atoms with Crippen LogP contribution in [0.25, 0.3) is 11.0 Å². The van der Waals surface area contributed by atoms with Crippen LogP contribution in [-0.4, -0.2) is 9.97 Å². The van der Waals surface area contributed by atoms with Crippen LogP contribution in [0.1, 0.15) is 11.4 Å². The predicted octanol–water partition coefficient (Wildman–Crippen LogP) is 2.94. The van der Waals surface area contributed by atoms with E-state index in [1.165, 1.54) is 0 Å². The summed E-state index contributed by atoms with van der Waals surface area (Å²) in [6.45, 7) is 3.82. The molecule has 0 fully saturated rings. The molecular weight excluding hydrogens is 336 g/mol. The lowest BCUT2D eigenvalue weighted by atomic mass is 10.2. The lowest BCUT2D eigenvalue weighted by Crippen LogP contribution is -2.02. The van der Waals surface area contributed by atoms with Crippen molar-refractivity contribution >= 4 is 54.3 Å². The molecule has 0 aliphatic carbocycles. The Hall–Kier alpha value is -0.880. The third-order valence-electron chi connectivity index (χ3n) is 2.49. The molecule has 2 rings (SSSR count). The molecule has 4 N–H and O–H groups in total. The summed E-state index contributed by atoms with van der Waals surface area (Å²) in [5.74, 6) is 0. The fraction of sp³-hybridized carbons (Fsp3) is 0.200. The normalized spacial score (nSPS) is 11.0. The Kier molecular flexibility index (Phi) is 2.79. The van der Waals surface area contributed by atoms with E-state index in [1.807, 2.05) is 13.8 Å². The van der Waals surface area contributed by atoms with Gasteiger partial charge in [0.1, 0.15) is 11.0 Å². The zero-order valence-corrected chi connectivity index (χ0v) is 12.0. The third kappa shape index (κ3) is 1.56. The smallest absolute Gasteiger partial charge is 0.107 e. The number of hydrogen-bond donors (Lipinski definition) is 2. The summed E-state index contributed by atoms with van der Waals surface area (Å²) in [6, 6.07) is 0. The van der Waals surface area contributed by atoms with Gasteiger partial charge in [-0.25, -0.2) is 9.97 Å². The molecule has 4 nitrogen and oxygen atoms in total. The zero-order valence-electron chi connectivity index (χ0n) is 8.81. The Labute approximate surface area is 110 Å². The maximum absolute atomic E-state index is 5.87. The molecule has 0 saturated heterocycles. The first kappa shape index (κ1) is 11.6. The number of halogens is 2. The van der Waals surface area contributed by atoms with Crippen molar-refractivity contribution in [2.75, 3.05) is 11.5 Å². The van der Waals surface area contributed by atoms with Gasteiger partial charge in [0.15, 0.2) is 0 Å². The predicted molar refractivity (Wildman–Crippen MR) is 73.2 cm³/mol. The monoisotopic (exact) mass is 344 g/mol. The first-order chi connectivity index (χ1) is 7.43. The van der Waals surface area contributed by atoms with Crippen molar-refractivity contribution in [2.45, 2.75) is 13.8 Å². The maximum atomic E-state index is 5.87. The first-order valence-corrected chi connectivity index (χ1v) is 6.19. The Morgan fingerprint density at radius 3 is 1.44 bits per heavy atom. The number of benzene rings is 1. The minimum absolute atomic E-state index is 0.483. The highest BCUT2D eigenvalue weighted by molar-refractivity contribution is 9.11. The van der Waals surface area contributed by atoms with E-state index in [2.05, 4.69) is 41.8 Å². The van der Waals surface area contributed by atoms with Crippen molar-refractivity contribution in [3.05, 3.63) is 20.3 Å². The van der Waals surface area contributed by atoms with Gasteiger partial charge in [-0.3, -0.25) is 0 Å². The summed E-state index contributed by atoms with van der Waals surface area (Å²) < 4.78 is 1.39. The van der Waals surface area contributed by atoms with Crippen molar-refractivity contribution in [3.63, 3.8) is 0 Å². The van der Waals surface area contributed by atoms with Gasteiger partial charge in [-0.2, -0.15) is 0 Å². The van der Waals surface area contributed by atoms with Crippen LogP contribution in [0.2, 0.25) is 0 Å². The largest absolute Gasteiger partial charge is 0.396 e. The quantitative estimate of drug-likeness (QED) is 0.719. The molecule has 0 radical (unpaired) electrons. The van der Waals surface area contributed by atoms with Crippen LogP contribution in [0.15, 0.2) is 8.95 Å². The van der Waals surface area contributed by atoms with E-state index in [0.29, 0.717) is 20.3 Å². The molecule has 0 bridgehead atoms. The van der Waals surface area contributed by atoms with Gasteiger partial charge in [0.2, 0.25) is 0 Å². The van der Waals surface area contributed by atoms with Crippen molar-refractivity contribution in [2.24, 2.45) is 0 Å². The van der Waals surface area contributed by atoms with Crippen molar-refractivity contribution in [1.82, 2.24) is 9.97 Å². The Morgan fingerprint density at radius 1 is 0.812 bits per heavy atom. The van der Waals surface area contributed by atoms with E-state index in [0.717, 1.165) is 22.4 Å². The highest BCUT2D eigenvalue weighted by atomic mass is 79.9. The minimum Gasteiger partial charge on any atom is -0.396 e. The van der Waals surface area contributed by atoms with Gasteiger partial charge in [-0.05, 0) is 45.7 Å². The lowest BCUT2D eigenvalue weighted by Gasteiger charge is -2.11. The molecule has 2 aromatic rings. The Bertz CT molecular complexity index is 543. The molecule has 1 heterocycles. The SMILES string of the molecule is Cc1nc2c(Br)c(N)c(N)c(Br)c2nc1C. The number of fused-ring (bicyclic) bond motifs is 1. The van der Waals surface area contributed by atoms with Gasteiger partial charge in [-0.1, -0.05) is 0 Å². The van der Waals surface area contributed by atoms with Gasteiger partial charge < -0.3 is 11.5 Å². The number of rotatable bonds is 0. The van der Waals surface area contributed by atoms with Gasteiger partial charge in [0.25, 0.3) is 0 Å². The summed E-state index contributed by atoms with van der Waals surface area (Å²) in [5, 5.41) is 0. The number of nitrogens with zero attached hydrogens (tertiary/aromatic N) is 2. The van der Waals surface area contributed by atoms with Gasteiger partial charge >= 0.3 is 0 Å². The number of aryl methyl sites for hydroxylation is 2. The Balaban J connectivity index is 3.02. The van der Waals surface area contributed by atoms with Gasteiger partial charge in [0, 0.05) is 0 Å². The average molecular weight is 346 g/mol. The van der Waals surface area contributed by atoms with E-state index in [9.17, 15) is 0 Å². The van der Waals surface area contributed by atoms with Crippen molar-refractivity contribution in [1.29, 1.82) is 0 Å². The number of nitrogens with two attached hydrogens (primary N) is 2. The van der Waals surface area contributed by atoms with Crippen molar-refractivity contribution < 1.29 is 0 Å². The molecule has 1 aromatic heterocycles. The molecule has 6 heteroatoms. The van der Waals surface area contributed by atoms with Crippen LogP contribution in [-0.2, 0) is 0 Å². The summed E-state index contributed by atoms with van der Waals surface area (Å²) in [7, 11) is 0. The molecule has 0 saturated carbocycles. The van der Waals surface area contributed by atoms with E-state index >= 15 is 0 Å². The first-order valence-electron chi connectivity index (χ1n) is 4.60. The highest BCUT2D eigenvalue weighted by Gasteiger charge is 2.15. The van der Waals surface area contributed by atoms with E-state index in [-0.39, 0.29) is 0 Å². The molecule has 0 unspecified atom stereocenters. The molecule has 0 spiro atoms. The second-order valence-corrected chi connectivity index (χ2v) is 5.13. The molecule has 84 valence electrons. The summed E-state index contributed by atoms with van der Waals surface area (Å²) in [6.07, 6.45) is 0. The summed E-state index contributed by atoms with van der Waals surface area (Å²) in [4.78, 5) is 8.93. The van der Waals surface area contributed by atoms with Crippen LogP contribution in [0, 0.1) is 13.8 Å². The van der Waals surface area contributed by atoms with E-state index in [1.54, 1.807) is 0 Å². The fourth-order valence-corrected chi connectivity index (χ4v) is 2.38. The molecule has 0 amide bonds. The molecule has 16 heavy (non-hydrogen) atoms. The van der Waals surface area contributed by atoms with Crippen LogP contribution in [0.4, 0.5) is 11.4 Å².